The second-order valence-electron chi connectivity index (χ2n) is 6.15. The zero-order chi connectivity index (χ0) is 17.9. The van der Waals surface area contributed by atoms with Crippen LogP contribution >= 0.6 is 12.1 Å². The lowest BCUT2D eigenvalue weighted by Crippen LogP contribution is -2.38. The minimum absolute atomic E-state index is 0.201. The topological polar surface area (TPSA) is 85.9 Å². The summed E-state index contributed by atoms with van der Waals surface area (Å²) in [5, 5.41) is 4.05. The number of anilines is 1. The van der Waals surface area contributed by atoms with E-state index in [4.69, 9.17) is 0 Å². The Bertz CT molecular complexity index is 772. The van der Waals surface area contributed by atoms with Crippen LogP contribution in [0.15, 0.2) is 23.1 Å². The fraction of sp³-hybridized carbons (Fsp3) is 0.533. The summed E-state index contributed by atoms with van der Waals surface area (Å²) in [4.78, 5) is 22.7. The van der Waals surface area contributed by atoms with Crippen molar-refractivity contribution in [3.05, 3.63) is 28.7 Å². The normalized spacial score (nSPS) is 17.1. The van der Waals surface area contributed by atoms with Crippen molar-refractivity contribution in [2.45, 2.75) is 31.7 Å². The van der Waals surface area contributed by atoms with Crippen LogP contribution in [0.25, 0.3) is 11.0 Å². The van der Waals surface area contributed by atoms with Gasteiger partial charge >= 0.3 is 0 Å². The second kappa shape index (κ2) is 7.63. The molecule has 0 radical (unpaired) electrons. The number of alkyl halides is 2. The Balaban J connectivity index is 1.50. The van der Waals surface area contributed by atoms with E-state index in [1.807, 2.05) is 4.31 Å². The van der Waals surface area contributed by atoms with Gasteiger partial charge in [0, 0.05) is 55.8 Å². The first-order chi connectivity index (χ1) is 11.9. The molecule has 0 saturated carbocycles. The molecule has 0 spiro atoms. The number of nitrogens with zero attached hydrogens (tertiary/aromatic N) is 3. The van der Waals surface area contributed by atoms with Crippen LogP contribution in [0.2, 0.25) is 0 Å². The van der Waals surface area contributed by atoms with Crippen LogP contribution in [0.1, 0.15) is 19.8 Å². The van der Waals surface area contributed by atoms with Crippen molar-refractivity contribution < 1.29 is 8.78 Å². The second-order valence-corrected chi connectivity index (χ2v) is 7.14. The van der Waals surface area contributed by atoms with E-state index in [0.717, 1.165) is 38.2 Å². The van der Waals surface area contributed by atoms with Crippen LogP contribution in [-0.2, 0) is 0 Å². The van der Waals surface area contributed by atoms with E-state index in [0.29, 0.717) is 11.6 Å². The highest BCUT2D eigenvalue weighted by Crippen LogP contribution is 2.20. The SMILES string of the molecule is CC(F)(F)CNSN1CCC(Nc2ncc3ccc(=O)[nH]c3n2)CC1. The van der Waals surface area contributed by atoms with E-state index in [9.17, 15) is 13.6 Å². The van der Waals surface area contributed by atoms with Gasteiger partial charge in [0.05, 0.1) is 6.54 Å². The predicted molar refractivity (Wildman–Crippen MR) is 94.6 cm³/mol. The van der Waals surface area contributed by atoms with Crippen molar-refractivity contribution in [1.29, 1.82) is 0 Å². The maximum Gasteiger partial charge on any atom is 0.258 e. The summed E-state index contributed by atoms with van der Waals surface area (Å²) < 4.78 is 30.3. The van der Waals surface area contributed by atoms with Gasteiger partial charge in [-0.2, -0.15) is 4.98 Å². The first kappa shape index (κ1) is 18.0. The molecule has 1 aliphatic rings. The zero-order valence-corrected chi connectivity index (χ0v) is 14.6. The molecule has 1 aliphatic heterocycles. The van der Waals surface area contributed by atoms with Crippen LogP contribution in [0.5, 0.6) is 0 Å². The van der Waals surface area contributed by atoms with E-state index < -0.39 is 5.92 Å². The largest absolute Gasteiger partial charge is 0.351 e. The van der Waals surface area contributed by atoms with Crippen LogP contribution < -0.4 is 15.6 Å². The van der Waals surface area contributed by atoms with E-state index in [1.165, 1.54) is 18.2 Å². The number of hydrogen-bond donors (Lipinski definition) is 3. The van der Waals surface area contributed by atoms with Crippen LogP contribution in [0, 0.1) is 0 Å². The molecule has 3 N–H and O–H groups in total. The minimum Gasteiger partial charge on any atom is -0.351 e. The third kappa shape index (κ3) is 5.35. The van der Waals surface area contributed by atoms with E-state index in [-0.39, 0.29) is 18.1 Å². The number of aromatic amines is 1. The molecular formula is C15H20F2N6OS. The molecule has 10 heteroatoms. The summed E-state index contributed by atoms with van der Waals surface area (Å²) in [6, 6.07) is 3.33. The number of hydrogen-bond acceptors (Lipinski definition) is 7. The average molecular weight is 370 g/mol. The number of aromatic nitrogens is 3. The van der Waals surface area contributed by atoms with Gasteiger partial charge in [-0.3, -0.25) is 4.79 Å². The predicted octanol–water partition coefficient (Wildman–Crippen LogP) is 2.00. The Hall–Kier alpha value is -1.78. The zero-order valence-electron chi connectivity index (χ0n) is 13.8. The first-order valence-electron chi connectivity index (χ1n) is 8.04. The van der Waals surface area contributed by atoms with Crippen molar-refractivity contribution in [3.63, 3.8) is 0 Å². The lowest BCUT2D eigenvalue weighted by atomic mass is 10.1. The molecule has 3 heterocycles. The molecule has 136 valence electrons. The molecule has 0 unspecified atom stereocenters. The van der Waals surface area contributed by atoms with Gasteiger partial charge in [0.2, 0.25) is 11.5 Å². The van der Waals surface area contributed by atoms with Crippen molar-refractivity contribution in [2.75, 3.05) is 25.0 Å². The van der Waals surface area contributed by atoms with Gasteiger partial charge < -0.3 is 10.3 Å². The summed E-state index contributed by atoms with van der Waals surface area (Å²) in [6.07, 6.45) is 3.37. The van der Waals surface area contributed by atoms with Gasteiger partial charge in [-0.15, -0.1) is 0 Å². The highest BCUT2D eigenvalue weighted by Gasteiger charge is 2.23. The van der Waals surface area contributed by atoms with Gasteiger partial charge in [-0.05, 0) is 18.9 Å². The van der Waals surface area contributed by atoms with Gasteiger partial charge in [0.1, 0.15) is 5.65 Å². The Labute approximate surface area is 147 Å². The average Bonchev–Trinajstić information content (AvgIpc) is 2.55. The Kier molecular flexibility index (Phi) is 5.50. The smallest absolute Gasteiger partial charge is 0.258 e. The van der Waals surface area contributed by atoms with E-state index in [2.05, 4.69) is 25.0 Å². The first-order valence-corrected chi connectivity index (χ1v) is 8.82. The highest BCUT2D eigenvalue weighted by molar-refractivity contribution is 7.95. The molecule has 0 aliphatic carbocycles. The number of H-pyrrole nitrogens is 1. The van der Waals surface area contributed by atoms with Gasteiger partial charge in [-0.25, -0.2) is 22.8 Å². The van der Waals surface area contributed by atoms with Gasteiger partial charge in [0.15, 0.2) is 0 Å². The summed E-state index contributed by atoms with van der Waals surface area (Å²) in [5.41, 5.74) is 0.301. The fourth-order valence-corrected chi connectivity index (χ4v) is 3.42. The standard InChI is InChI=1S/C15H20F2N6OS/c1-15(16,17)9-19-25-23-6-4-11(5-7-23)20-14-18-8-10-2-3-12(24)21-13(10)22-14/h2-3,8,11,19H,4-7,9H2,1H3,(H2,18,20,21,22,24). The van der Waals surface area contributed by atoms with Crippen molar-refractivity contribution >= 4 is 29.1 Å². The number of piperidine rings is 1. The van der Waals surface area contributed by atoms with E-state index >= 15 is 0 Å². The molecule has 1 fully saturated rings. The minimum atomic E-state index is -2.71. The number of rotatable bonds is 6. The lowest BCUT2D eigenvalue weighted by Gasteiger charge is -2.31. The molecule has 1 saturated heterocycles. The summed E-state index contributed by atoms with van der Waals surface area (Å²) >= 11 is 1.24. The molecule has 7 nitrogen and oxygen atoms in total. The third-order valence-corrected chi connectivity index (χ3v) is 4.73. The van der Waals surface area contributed by atoms with E-state index in [1.54, 1.807) is 12.3 Å². The molecule has 0 atom stereocenters. The van der Waals surface area contributed by atoms with Crippen molar-refractivity contribution in [2.24, 2.45) is 0 Å². The quantitative estimate of drug-likeness (QED) is 0.671. The monoisotopic (exact) mass is 370 g/mol. The number of fused-ring (bicyclic) bond motifs is 1. The van der Waals surface area contributed by atoms with Crippen LogP contribution in [0.3, 0.4) is 0 Å². The Morgan fingerprint density at radius 2 is 2.16 bits per heavy atom. The molecule has 2 aromatic rings. The number of pyridine rings is 1. The van der Waals surface area contributed by atoms with Crippen molar-refractivity contribution in [1.82, 2.24) is 24.0 Å². The number of nitrogens with one attached hydrogen (secondary N) is 3. The third-order valence-electron chi connectivity index (χ3n) is 3.84. The molecule has 25 heavy (non-hydrogen) atoms. The summed E-state index contributed by atoms with van der Waals surface area (Å²) in [6.45, 7) is 2.09. The molecule has 3 rings (SSSR count). The highest BCUT2D eigenvalue weighted by atomic mass is 32.2. The molecular weight excluding hydrogens is 350 g/mol. The van der Waals surface area contributed by atoms with Gasteiger partial charge in [-0.1, -0.05) is 0 Å². The molecule has 0 bridgehead atoms. The summed E-state index contributed by atoms with van der Waals surface area (Å²) in [7, 11) is 0. The molecule has 2 aromatic heterocycles. The van der Waals surface area contributed by atoms with Gasteiger partial charge in [0.25, 0.3) is 5.92 Å². The lowest BCUT2D eigenvalue weighted by molar-refractivity contribution is 0.0286. The number of halogens is 2. The van der Waals surface area contributed by atoms with Crippen molar-refractivity contribution in [3.8, 4) is 0 Å². The maximum atomic E-state index is 12.8. The summed E-state index contributed by atoms with van der Waals surface area (Å²) in [5.74, 6) is -2.23. The van der Waals surface area contributed by atoms with Crippen LogP contribution in [0.4, 0.5) is 14.7 Å². The molecule has 0 aromatic carbocycles. The maximum absolute atomic E-state index is 12.8. The fourth-order valence-electron chi connectivity index (χ4n) is 2.53. The Morgan fingerprint density at radius 3 is 2.88 bits per heavy atom. The molecule has 0 amide bonds. The Morgan fingerprint density at radius 1 is 1.40 bits per heavy atom. The van der Waals surface area contributed by atoms with Crippen LogP contribution in [-0.4, -0.2) is 50.9 Å².